The first-order valence-electron chi connectivity index (χ1n) is 6.04. The number of hydrogen-bond donors (Lipinski definition) is 1. The van der Waals surface area contributed by atoms with Crippen molar-refractivity contribution in [3.05, 3.63) is 0 Å². The van der Waals surface area contributed by atoms with Crippen LogP contribution in [-0.2, 0) is 22.4 Å². The van der Waals surface area contributed by atoms with Crippen LogP contribution >= 0.6 is 0 Å². The molecule has 6 nitrogen and oxygen atoms in total. The van der Waals surface area contributed by atoms with E-state index in [1.165, 1.54) is 6.92 Å². The second-order valence-electron chi connectivity index (χ2n) is 2.82. The van der Waals surface area contributed by atoms with Crippen LogP contribution in [0.5, 0.6) is 0 Å². The molecule has 0 aliphatic carbocycles. The largest absolute Gasteiger partial charge is 5.00 e. The summed E-state index contributed by atoms with van der Waals surface area (Å²) in [5.74, 6) is 0. The van der Waals surface area contributed by atoms with Gasteiger partial charge in [0.25, 0.3) is 0 Å². The maximum absolute atomic E-state index is 10.2. The third-order valence-corrected chi connectivity index (χ3v) is 0.702. The molecule has 0 fully saturated rings. The standard InChI is InChI=1S/C4H10NO.4C2H5O.Ta/c1-3-4(2,5)6;4*1-2-3;/h3,5H2,1-2H3;4*2H2,1H3;/q5*-1;+5. The van der Waals surface area contributed by atoms with E-state index in [4.69, 9.17) is 26.2 Å². The van der Waals surface area contributed by atoms with Gasteiger partial charge in [0.15, 0.2) is 0 Å². The minimum absolute atomic E-state index is 0. The Balaban J connectivity index is -0.0000000287. The molecule has 0 aromatic rings. The van der Waals surface area contributed by atoms with Gasteiger partial charge in [-0.3, -0.25) is 0 Å². The van der Waals surface area contributed by atoms with Gasteiger partial charge in [-0.25, -0.2) is 0 Å². The summed E-state index contributed by atoms with van der Waals surface area (Å²) in [6, 6.07) is 0. The van der Waals surface area contributed by atoms with Crippen LogP contribution < -0.4 is 31.3 Å². The molecular formula is C12H30NO5Ta. The van der Waals surface area contributed by atoms with Crippen molar-refractivity contribution in [2.75, 3.05) is 26.4 Å². The van der Waals surface area contributed by atoms with Crippen LogP contribution in [0.4, 0.5) is 0 Å². The van der Waals surface area contributed by atoms with Gasteiger partial charge in [-0.05, 0) is 0 Å². The predicted octanol–water partition coefficient (Wildman–Crippen LogP) is -3.10. The van der Waals surface area contributed by atoms with Gasteiger partial charge in [0.05, 0.1) is 0 Å². The smallest absolute Gasteiger partial charge is 0.855 e. The Hall–Kier alpha value is 0.500. The Kier molecular flexibility index (Phi) is 82.6. The molecule has 7 heteroatoms. The second-order valence-corrected chi connectivity index (χ2v) is 2.82. The van der Waals surface area contributed by atoms with Gasteiger partial charge >= 0.3 is 22.4 Å². The molecule has 0 saturated heterocycles. The minimum atomic E-state index is -1.21. The summed E-state index contributed by atoms with van der Waals surface area (Å²) >= 11 is 0. The quantitative estimate of drug-likeness (QED) is 0.421. The molecule has 1 unspecified atom stereocenters. The Labute approximate surface area is 134 Å². The van der Waals surface area contributed by atoms with E-state index in [-0.39, 0.29) is 48.8 Å². The molecular weight excluding hydrogens is 419 g/mol. The van der Waals surface area contributed by atoms with Gasteiger partial charge in [-0.1, -0.05) is 53.7 Å². The Morgan fingerprint density at radius 1 is 0.737 bits per heavy atom. The molecule has 0 aromatic carbocycles. The van der Waals surface area contributed by atoms with Gasteiger partial charge in [-0.2, -0.15) is 0 Å². The van der Waals surface area contributed by atoms with Crippen LogP contribution in [-0.4, -0.2) is 32.2 Å². The maximum Gasteiger partial charge on any atom is 5.00 e. The van der Waals surface area contributed by atoms with Crippen molar-refractivity contribution in [3.63, 3.8) is 0 Å². The molecule has 0 heterocycles. The van der Waals surface area contributed by atoms with Gasteiger partial charge in [-0.15, -0.1) is 26.4 Å². The van der Waals surface area contributed by atoms with E-state index >= 15 is 0 Å². The fraction of sp³-hybridized carbons (Fsp3) is 1.00. The van der Waals surface area contributed by atoms with Crippen molar-refractivity contribution < 1.29 is 47.9 Å². The molecule has 2 N–H and O–H groups in total. The third kappa shape index (κ3) is 411. The molecule has 0 saturated carbocycles. The number of hydrogen-bond acceptors (Lipinski definition) is 6. The third-order valence-electron chi connectivity index (χ3n) is 0.702. The molecule has 0 aliphatic rings. The topological polar surface area (TPSA) is 141 Å². The van der Waals surface area contributed by atoms with E-state index < -0.39 is 5.72 Å². The van der Waals surface area contributed by atoms with Crippen LogP contribution in [0.15, 0.2) is 0 Å². The first-order valence-corrected chi connectivity index (χ1v) is 6.04. The fourth-order valence-electron chi connectivity index (χ4n) is 0. The number of nitrogens with two attached hydrogens (primary N) is 1. The molecule has 0 rings (SSSR count). The van der Waals surface area contributed by atoms with Crippen LogP contribution in [0.3, 0.4) is 0 Å². The maximum atomic E-state index is 10.2. The zero-order valence-electron chi connectivity index (χ0n) is 13.1. The molecule has 1 atom stereocenters. The molecule has 0 bridgehead atoms. The van der Waals surface area contributed by atoms with Crippen LogP contribution in [0.2, 0.25) is 0 Å². The summed E-state index contributed by atoms with van der Waals surface area (Å²) < 4.78 is 0. The van der Waals surface area contributed by atoms with E-state index in [2.05, 4.69) is 0 Å². The summed E-state index contributed by atoms with van der Waals surface area (Å²) in [5, 5.41) is 46.0. The molecule has 0 spiro atoms. The van der Waals surface area contributed by atoms with Crippen LogP contribution in [0.25, 0.3) is 0 Å². The zero-order chi connectivity index (χ0) is 16.0. The van der Waals surface area contributed by atoms with Gasteiger partial charge in [0.1, 0.15) is 0 Å². The average molecular weight is 449 g/mol. The minimum Gasteiger partial charge on any atom is -0.855 e. The van der Waals surface area contributed by atoms with Crippen molar-refractivity contribution in [2.24, 2.45) is 5.73 Å². The first kappa shape index (κ1) is 36.6. The van der Waals surface area contributed by atoms with Crippen molar-refractivity contribution in [1.29, 1.82) is 0 Å². The normalized spacial score (nSPS) is 10.1. The Bertz CT molecular complexity index is 84.7. The summed E-state index contributed by atoms with van der Waals surface area (Å²) in [6.45, 7) is 9.51. The molecule has 0 aliphatic heterocycles. The summed E-state index contributed by atoms with van der Waals surface area (Å²) in [6.07, 6.45) is 0.493. The van der Waals surface area contributed by atoms with Gasteiger partial charge < -0.3 is 31.3 Å². The first-order chi connectivity index (χ1) is 8.22. The van der Waals surface area contributed by atoms with Gasteiger partial charge in [0.2, 0.25) is 0 Å². The summed E-state index contributed by atoms with van der Waals surface area (Å²) in [5.41, 5.74) is 3.77. The molecule has 118 valence electrons. The van der Waals surface area contributed by atoms with Crippen molar-refractivity contribution in [3.8, 4) is 0 Å². The van der Waals surface area contributed by atoms with E-state index in [0.29, 0.717) is 6.42 Å². The molecule has 0 amide bonds. The Morgan fingerprint density at radius 3 is 0.789 bits per heavy atom. The van der Waals surface area contributed by atoms with Gasteiger partial charge in [0, 0.05) is 0 Å². The van der Waals surface area contributed by atoms with E-state index in [1.54, 1.807) is 34.6 Å². The summed E-state index contributed by atoms with van der Waals surface area (Å²) in [7, 11) is 0. The van der Waals surface area contributed by atoms with Crippen molar-refractivity contribution in [2.45, 2.75) is 53.7 Å². The zero-order valence-corrected chi connectivity index (χ0v) is 16.3. The Morgan fingerprint density at radius 2 is 0.789 bits per heavy atom. The fourth-order valence-corrected chi connectivity index (χ4v) is 0. The van der Waals surface area contributed by atoms with E-state index in [9.17, 15) is 5.11 Å². The van der Waals surface area contributed by atoms with E-state index in [1.807, 2.05) is 0 Å². The van der Waals surface area contributed by atoms with Crippen LogP contribution in [0.1, 0.15) is 48.0 Å². The van der Waals surface area contributed by atoms with Crippen molar-refractivity contribution >= 4 is 0 Å². The van der Waals surface area contributed by atoms with Crippen molar-refractivity contribution in [1.82, 2.24) is 0 Å². The predicted molar refractivity (Wildman–Crippen MR) is 65.0 cm³/mol. The molecule has 19 heavy (non-hydrogen) atoms. The molecule has 0 radical (unpaired) electrons. The SMILES string of the molecule is CCC(C)(N)[O-].CC[O-].CC[O-].CC[O-].CC[O-].[Ta+5]. The average Bonchev–Trinajstić information content (AvgIpc) is 2.21. The summed E-state index contributed by atoms with van der Waals surface area (Å²) in [4.78, 5) is 0. The second kappa shape index (κ2) is 42.8. The monoisotopic (exact) mass is 449 g/mol. The van der Waals surface area contributed by atoms with Crippen LogP contribution in [0, 0.1) is 0 Å². The molecule has 0 aromatic heterocycles. The van der Waals surface area contributed by atoms with E-state index in [0.717, 1.165) is 0 Å². The number of rotatable bonds is 1.